The molecule has 3 heteroatoms. The standard InChI is InChI=1S/C23H37NOS/c25-22(19-14-10-6-4-5-7-11-15-19)21-18-26-23(24-21)20-16-12-8-2-1-3-9-13-17-20/h18-20H,1-17H2. The molecule has 2 aliphatic carbocycles. The first-order valence-corrected chi connectivity index (χ1v) is 12.2. The van der Waals surface area contributed by atoms with Crippen molar-refractivity contribution >= 4 is 17.1 Å². The molecule has 0 unspecified atom stereocenters. The SMILES string of the molecule is O=C(c1csc(C2CCCCCCCCC2)n1)C1CCCCCCCC1. The van der Waals surface area contributed by atoms with Gasteiger partial charge >= 0.3 is 0 Å². The zero-order valence-electron chi connectivity index (χ0n) is 16.5. The molecular weight excluding hydrogens is 338 g/mol. The number of thiazole rings is 1. The third-order valence-corrected chi connectivity index (χ3v) is 7.46. The summed E-state index contributed by atoms with van der Waals surface area (Å²) in [7, 11) is 0. The van der Waals surface area contributed by atoms with E-state index in [1.807, 2.05) is 0 Å². The average molecular weight is 376 g/mol. The molecule has 0 saturated heterocycles. The van der Waals surface area contributed by atoms with Gasteiger partial charge in [0.15, 0.2) is 5.78 Å². The van der Waals surface area contributed by atoms with Crippen LogP contribution in [0.15, 0.2) is 5.38 Å². The topological polar surface area (TPSA) is 30.0 Å². The van der Waals surface area contributed by atoms with Gasteiger partial charge in [0.25, 0.3) is 0 Å². The van der Waals surface area contributed by atoms with Crippen molar-refractivity contribution in [3.05, 3.63) is 16.1 Å². The number of Topliss-reactive ketones (excluding diaryl/α,β-unsaturated/α-hetero) is 1. The number of aromatic nitrogens is 1. The molecule has 3 rings (SSSR count). The Labute approximate surface area is 164 Å². The highest BCUT2D eigenvalue weighted by atomic mass is 32.1. The highest BCUT2D eigenvalue weighted by Gasteiger charge is 2.24. The second-order valence-electron chi connectivity index (χ2n) is 8.58. The lowest BCUT2D eigenvalue weighted by Gasteiger charge is -2.16. The third-order valence-electron chi connectivity index (χ3n) is 6.45. The van der Waals surface area contributed by atoms with E-state index >= 15 is 0 Å². The molecule has 0 atom stereocenters. The van der Waals surface area contributed by atoms with E-state index in [9.17, 15) is 4.79 Å². The van der Waals surface area contributed by atoms with Crippen molar-refractivity contribution in [1.29, 1.82) is 0 Å². The maximum Gasteiger partial charge on any atom is 0.185 e. The lowest BCUT2D eigenvalue weighted by Crippen LogP contribution is -2.15. The largest absolute Gasteiger partial charge is 0.292 e. The average Bonchev–Trinajstić information content (AvgIpc) is 3.19. The van der Waals surface area contributed by atoms with Crippen molar-refractivity contribution in [1.82, 2.24) is 4.98 Å². The Morgan fingerprint density at radius 3 is 1.73 bits per heavy atom. The van der Waals surface area contributed by atoms with Gasteiger partial charge in [-0.25, -0.2) is 4.98 Å². The zero-order chi connectivity index (χ0) is 18.0. The van der Waals surface area contributed by atoms with E-state index in [-0.39, 0.29) is 5.92 Å². The van der Waals surface area contributed by atoms with Crippen LogP contribution in [-0.4, -0.2) is 10.8 Å². The minimum Gasteiger partial charge on any atom is -0.292 e. The van der Waals surface area contributed by atoms with E-state index in [4.69, 9.17) is 4.98 Å². The first kappa shape index (κ1) is 20.0. The number of hydrogen-bond acceptors (Lipinski definition) is 3. The zero-order valence-corrected chi connectivity index (χ0v) is 17.3. The van der Waals surface area contributed by atoms with E-state index in [2.05, 4.69) is 5.38 Å². The van der Waals surface area contributed by atoms with E-state index < -0.39 is 0 Å². The summed E-state index contributed by atoms with van der Waals surface area (Å²) >= 11 is 1.76. The van der Waals surface area contributed by atoms with Gasteiger partial charge in [0, 0.05) is 17.2 Å². The summed E-state index contributed by atoms with van der Waals surface area (Å²) in [5.41, 5.74) is 0.784. The smallest absolute Gasteiger partial charge is 0.185 e. The van der Waals surface area contributed by atoms with Crippen LogP contribution in [0.4, 0.5) is 0 Å². The fourth-order valence-corrected chi connectivity index (χ4v) is 5.73. The number of carbonyl (C=O) groups is 1. The van der Waals surface area contributed by atoms with E-state index in [1.165, 1.54) is 101 Å². The number of nitrogens with zero attached hydrogens (tertiary/aromatic N) is 1. The van der Waals surface area contributed by atoms with Crippen molar-refractivity contribution < 1.29 is 4.79 Å². The Bertz CT molecular complexity index is 518. The fourth-order valence-electron chi connectivity index (χ4n) is 4.75. The Balaban J connectivity index is 1.61. The summed E-state index contributed by atoms with van der Waals surface area (Å²) in [6.45, 7) is 0. The van der Waals surface area contributed by atoms with Gasteiger partial charge in [0.1, 0.15) is 5.69 Å². The van der Waals surface area contributed by atoms with Crippen molar-refractivity contribution in [3.63, 3.8) is 0 Å². The van der Waals surface area contributed by atoms with Gasteiger partial charge in [-0.05, 0) is 25.7 Å². The maximum atomic E-state index is 13.0. The number of rotatable bonds is 3. The molecule has 0 aromatic carbocycles. The van der Waals surface area contributed by atoms with Gasteiger partial charge in [-0.3, -0.25) is 4.79 Å². The molecule has 0 N–H and O–H groups in total. The van der Waals surface area contributed by atoms with E-state index in [1.54, 1.807) is 11.3 Å². The van der Waals surface area contributed by atoms with Crippen LogP contribution in [0.3, 0.4) is 0 Å². The Kier molecular flexibility index (Phi) is 8.64. The second kappa shape index (κ2) is 11.2. The highest BCUT2D eigenvalue weighted by molar-refractivity contribution is 7.09. The lowest BCUT2D eigenvalue weighted by molar-refractivity contribution is 0.0898. The fraction of sp³-hybridized carbons (Fsp3) is 0.826. The van der Waals surface area contributed by atoms with Crippen LogP contribution in [0.1, 0.15) is 131 Å². The molecule has 2 nitrogen and oxygen atoms in total. The van der Waals surface area contributed by atoms with Gasteiger partial charge in [-0.2, -0.15) is 0 Å². The monoisotopic (exact) mass is 375 g/mol. The Morgan fingerprint density at radius 2 is 1.19 bits per heavy atom. The molecule has 146 valence electrons. The summed E-state index contributed by atoms with van der Waals surface area (Å²) in [6.07, 6.45) is 22.0. The summed E-state index contributed by atoms with van der Waals surface area (Å²) < 4.78 is 0. The molecule has 1 heterocycles. The van der Waals surface area contributed by atoms with Crippen molar-refractivity contribution in [2.24, 2.45) is 5.92 Å². The molecule has 0 bridgehead atoms. The van der Waals surface area contributed by atoms with Gasteiger partial charge in [0.05, 0.1) is 5.01 Å². The molecule has 2 saturated carbocycles. The first-order chi connectivity index (χ1) is 12.8. The Morgan fingerprint density at radius 1 is 0.731 bits per heavy atom. The first-order valence-electron chi connectivity index (χ1n) is 11.3. The molecule has 0 spiro atoms. The molecule has 0 radical (unpaired) electrons. The van der Waals surface area contributed by atoms with E-state index in [0.29, 0.717) is 11.7 Å². The molecule has 2 fully saturated rings. The molecular formula is C23H37NOS. The predicted octanol–water partition coefficient (Wildman–Crippen LogP) is 7.68. The summed E-state index contributed by atoms with van der Waals surface area (Å²) in [6, 6.07) is 0. The minimum absolute atomic E-state index is 0.229. The van der Waals surface area contributed by atoms with Crippen molar-refractivity contribution in [2.45, 2.75) is 115 Å². The molecule has 2 aliphatic rings. The summed E-state index contributed by atoms with van der Waals surface area (Å²) in [4.78, 5) is 17.9. The van der Waals surface area contributed by atoms with Crippen LogP contribution in [0.5, 0.6) is 0 Å². The summed E-state index contributed by atoms with van der Waals surface area (Å²) in [5.74, 6) is 1.17. The van der Waals surface area contributed by atoms with Crippen LogP contribution < -0.4 is 0 Å². The number of hydrogen-bond donors (Lipinski definition) is 0. The van der Waals surface area contributed by atoms with Gasteiger partial charge in [-0.1, -0.05) is 83.5 Å². The minimum atomic E-state index is 0.229. The molecule has 1 aromatic rings. The molecule has 0 aliphatic heterocycles. The van der Waals surface area contributed by atoms with Crippen LogP contribution in [0, 0.1) is 5.92 Å². The predicted molar refractivity (Wildman–Crippen MR) is 111 cm³/mol. The van der Waals surface area contributed by atoms with Crippen LogP contribution in [0.25, 0.3) is 0 Å². The van der Waals surface area contributed by atoms with Gasteiger partial charge in [-0.15, -0.1) is 11.3 Å². The van der Waals surface area contributed by atoms with Crippen molar-refractivity contribution in [2.75, 3.05) is 0 Å². The quantitative estimate of drug-likeness (QED) is 0.507. The van der Waals surface area contributed by atoms with Crippen molar-refractivity contribution in [3.8, 4) is 0 Å². The van der Waals surface area contributed by atoms with Gasteiger partial charge in [0.2, 0.25) is 0 Å². The number of carbonyl (C=O) groups excluding carboxylic acids is 1. The van der Waals surface area contributed by atoms with E-state index in [0.717, 1.165) is 18.5 Å². The molecule has 1 aromatic heterocycles. The normalized spacial score (nSPS) is 22.9. The molecule has 26 heavy (non-hydrogen) atoms. The maximum absolute atomic E-state index is 13.0. The molecule has 0 amide bonds. The van der Waals surface area contributed by atoms with Crippen LogP contribution in [-0.2, 0) is 0 Å². The van der Waals surface area contributed by atoms with Gasteiger partial charge < -0.3 is 0 Å². The van der Waals surface area contributed by atoms with Crippen LogP contribution in [0.2, 0.25) is 0 Å². The summed E-state index contributed by atoms with van der Waals surface area (Å²) in [5, 5.41) is 3.32. The Hall–Kier alpha value is -0.700. The van der Waals surface area contributed by atoms with Crippen LogP contribution >= 0.6 is 11.3 Å². The second-order valence-corrected chi connectivity index (χ2v) is 9.47. The highest BCUT2D eigenvalue weighted by Crippen LogP contribution is 2.33. The third kappa shape index (κ3) is 6.18. The number of ketones is 1. The lowest BCUT2D eigenvalue weighted by atomic mass is 9.91.